The molecule has 0 aromatic rings. The third kappa shape index (κ3) is 2.49. The Morgan fingerprint density at radius 1 is 1.23 bits per heavy atom. The van der Waals surface area contributed by atoms with E-state index in [4.69, 9.17) is 0 Å². The molecule has 0 aromatic carbocycles. The van der Waals surface area contributed by atoms with Crippen LogP contribution in [0, 0.1) is 0 Å². The summed E-state index contributed by atoms with van der Waals surface area (Å²) < 4.78 is 2.95. The zero-order chi connectivity index (χ0) is 9.84. The van der Waals surface area contributed by atoms with Gasteiger partial charge < -0.3 is 0 Å². The van der Waals surface area contributed by atoms with Crippen molar-refractivity contribution in [3.63, 3.8) is 0 Å². The van der Waals surface area contributed by atoms with Gasteiger partial charge in [-0.1, -0.05) is 12.2 Å². The minimum atomic E-state index is 0.740. The van der Waals surface area contributed by atoms with Crippen LogP contribution in [0.3, 0.4) is 0 Å². The first-order valence-electron chi connectivity index (χ1n) is 3.77. The fraction of sp³-hybridized carbons (Fsp3) is 0.250. The summed E-state index contributed by atoms with van der Waals surface area (Å²) in [7, 11) is 0. The lowest BCUT2D eigenvalue weighted by Gasteiger charge is -2.26. The number of rotatable bonds is 4. The summed E-state index contributed by atoms with van der Waals surface area (Å²) in [5, 5.41) is 2.88. The molecule has 72 valence electrons. The monoisotopic (exact) mass is 232 g/mol. The maximum absolute atomic E-state index is 4.35. The Morgan fingerprint density at radius 2 is 1.85 bits per heavy atom. The first-order valence-corrected chi connectivity index (χ1v) is 5.44. The van der Waals surface area contributed by atoms with Crippen molar-refractivity contribution < 1.29 is 0 Å². The van der Waals surface area contributed by atoms with Gasteiger partial charge in [0, 0.05) is 6.54 Å². The van der Waals surface area contributed by atoms with Crippen LogP contribution < -0.4 is 0 Å². The van der Waals surface area contributed by atoms with Crippen molar-refractivity contribution in [1.82, 2.24) is 9.42 Å². The Balaban J connectivity index is 2.70. The van der Waals surface area contributed by atoms with E-state index < -0.39 is 0 Å². The van der Waals surface area contributed by atoms with Gasteiger partial charge in [0.15, 0.2) is 0 Å². The topological polar surface area (TPSA) is 6.48 Å². The van der Waals surface area contributed by atoms with Gasteiger partial charge in [-0.15, -0.1) is 38.4 Å². The van der Waals surface area contributed by atoms with E-state index in [0.29, 0.717) is 0 Å². The van der Waals surface area contributed by atoms with Crippen LogP contribution in [0.5, 0.6) is 0 Å². The Kier molecular flexibility index (Phi) is 4.31. The lowest BCUT2D eigenvalue weighted by Crippen LogP contribution is -2.32. The second kappa shape index (κ2) is 5.05. The number of thiol groups is 2. The van der Waals surface area contributed by atoms with E-state index in [-0.39, 0.29) is 0 Å². The molecular weight excluding hydrogens is 220 g/mol. The number of nitrogens with zero attached hydrogens (tertiary/aromatic N) is 2. The van der Waals surface area contributed by atoms with E-state index in [1.807, 2.05) is 21.6 Å². The first kappa shape index (κ1) is 11.1. The van der Waals surface area contributed by atoms with Gasteiger partial charge in [-0.05, 0) is 11.9 Å². The molecule has 1 aliphatic heterocycles. The normalized spacial score (nSPS) is 18.2. The third-order valence-corrected chi connectivity index (χ3v) is 3.65. The average Bonchev–Trinajstić information content (AvgIpc) is 2.34. The van der Waals surface area contributed by atoms with Crippen molar-refractivity contribution in [3.8, 4) is 0 Å². The molecular formula is C8H12N2S3. The summed E-state index contributed by atoms with van der Waals surface area (Å²) in [6.07, 6.45) is 3.68. The van der Waals surface area contributed by atoms with Gasteiger partial charge in [0.1, 0.15) is 5.03 Å². The predicted octanol–water partition coefficient (Wildman–Crippen LogP) is 2.53. The molecule has 0 amide bonds. The van der Waals surface area contributed by atoms with Crippen molar-refractivity contribution in [2.45, 2.75) is 0 Å². The van der Waals surface area contributed by atoms with Crippen LogP contribution in [-0.4, -0.2) is 22.5 Å². The highest BCUT2D eigenvalue weighted by atomic mass is 32.2. The van der Waals surface area contributed by atoms with Crippen molar-refractivity contribution in [3.05, 3.63) is 34.6 Å². The van der Waals surface area contributed by atoms with E-state index in [9.17, 15) is 0 Å². The second-order valence-electron chi connectivity index (χ2n) is 2.41. The molecule has 13 heavy (non-hydrogen) atoms. The fourth-order valence-electron chi connectivity index (χ4n) is 0.952. The smallest absolute Gasteiger partial charge is 0.105 e. The van der Waals surface area contributed by atoms with Crippen LogP contribution in [0.25, 0.3) is 0 Å². The quantitative estimate of drug-likeness (QED) is 0.437. The highest BCUT2D eigenvalue weighted by Gasteiger charge is 2.25. The van der Waals surface area contributed by atoms with Gasteiger partial charge in [-0.25, -0.2) is 0 Å². The average molecular weight is 232 g/mol. The maximum Gasteiger partial charge on any atom is 0.105 e. The Hall–Kier alpha value is 0.0300. The number of hydrazine groups is 1. The second-order valence-corrected chi connectivity index (χ2v) is 4.60. The molecule has 1 heterocycles. The van der Waals surface area contributed by atoms with Crippen LogP contribution in [0.4, 0.5) is 0 Å². The molecule has 0 bridgehead atoms. The molecule has 1 aliphatic rings. The molecule has 0 aromatic heterocycles. The maximum atomic E-state index is 4.35. The van der Waals surface area contributed by atoms with E-state index in [0.717, 1.165) is 22.4 Å². The van der Waals surface area contributed by atoms with Crippen molar-refractivity contribution in [2.24, 2.45) is 0 Å². The summed E-state index contributed by atoms with van der Waals surface area (Å²) in [5.74, 6) is 0. The van der Waals surface area contributed by atoms with Gasteiger partial charge >= 0.3 is 0 Å². The van der Waals surface area contributed by atoms with Crippen LogP contribution in [-0.2, 0) is 0 Å². The molecule has 0 saturated heterocycles. The van der Waals surface area contributed by atoms with E-state index >= 15 is 0 Å². The lowest BCUT2D eigenvalue weighted by atomic mass is 10.6. The highest BCUT2D eigenvalue weighted by Crippen LogP contribution is 2.39. The Bertz CT molecular complexity index is 250. The molecule has 5 heteroatoms. The summed E-state index contributed by atoms with van der Waals surface area (Å²) in [4.78, 5) is 0. The molecule has 0 atom stereocenters. The molecule has 0 radical (unpaired) electrons. The Labute approximate surface area is 94.3 Å². The number of hydrogen-bond acceptors (Lipinski definition) is 5. The van der Waals surface area contributed by atoms with Gasteiger partial charge in [0.05, 0.1) is 10.8 Å². The van der Waals surface area contributed by atoms with Crippen molar-refractivity contribution in [1.29, 1.82) is 0 Å². The van der Waals surface area contributed by atoms with Gasteiger partial charge in [-0.2, -0.15) is 4.41 Å². The van der Waals surface area contributed by atoms with E-state index in [1.165, 1.54) is 0 Å². The Morgan fingerprint density at radius 3 is 2.38 bits per heavy atom. The van der Waals surface area contributed by atoms with Crippen LogP contribution in [0.15, 0.2) is 34.6 Å². The molecule has 0 spiro atoms. The molecule has 0 N–H and O–H groups in total. The fourth-order valence-corrected chi connectivity index (χ4v) is 2.54. The van der Waals surface area contributed by atoms with Crippen molar-refractivity contribution >= 4 is 37.2 Å². The molecule has 1 rings (SSSR count). The number of hydrogen-bond donors (Lipinski definition) is 2. The van der Waals surface area contributed by atoms with Gasteiger partial charge in [-0.3, -0.25) is 5.01 Å². The molecule has 2 nitrogen and oxygen atoms in total. The summed E-state index contributed by atoms with van der Waals surface area (Å²) in [6.45, 7) is 8.90. The van der Waals surface area contributed by atoms with E-state index in [2.05, 4.69) is 38.4 Å². The predicted molar refractivity (Wildman–Crippen MR) is 66.4 cm³/mol. The van der Waals surface area contributed by atoms with Crippen LogP contribution >= 0.6 is 37.2 Å². The van der Waals surface area contributed by atoms with Gasteiger partial charge in [0.25, 0.3) is 0 Å². The minimum absolute atomic E-state index is 0.740. The summed E-state index contributed by atoms with van der Waals surface area (Å²) in [5.41, 5.74) is 0. The largest absolute Gasteiger partial charge is 0.284 e. The zero-order valence-electron chi connectivity index (χ0n) is 7.18. The SMILES string of the molecule is C=CCN1SC(S)=C(S)N1CC=C. The van der Waals surface area contributed by atoms with Crippen LogP contribution in [0.2, 0.25) is 0 Å². The van der Waals surface area contributed by atoms with Crippen LogP contribution in [0.1, 0.15) is 0 Å². The van der Waals surface area contributed by atoms with E-state index in [1.54, 1.807) is 11.9 Å². The lowest BCUT2D eigenvalue weighted by molar-refractivity contribution is 0.171. The molecule has 0 unspecified atom stereocenters. The molecule has 0 aliphatic carbocycles. The van der Waals surface area contributed by atoms with Crippen molar-refractivity contribution in [2.75, 3.05) is 13.1 Å². The molecule has 0 fully saturated rings. The zero-order valence-corrected chi connectivity index (χ0v) is 9.79. The van der Waals surface area contributed by atoms with Gasteiger partial charge in [0.2, 0.25) is 0 Å². The summed E-state index contributed by atoms with van der Waals surface area (Å²) >= 11 is 10.2. The summed E-state index contributed by atoms with van der Waals surface area (Å²) in [6, 6.07) is 0. The first-order chi connectivity index (χ1) is 6.20. The molecule has 0 saturated carbocycles. The highest BCUT2D eigenvalue weighted by molar-refractivity contribution is 8.15. The minimum Gasteiger partial charge on any atom is -0.284 e. The third-order valence-electron chi connectivity index (χ3n) is 1.48. The standard InChI is InChI=1S/C8H12N2S3/c1-3-5-9-7(11)8(12)13-10(9)6-4-2/h3-4,11-12H,1-2,5-6H2.